The Kier molecular flexibility index (Phi) is 3.40. The molecule has 0 saturated carbocycles. The molecule has 2 rings (SSSR count). The van der Waals surface area contributed by atoms with Crippen molar-refractivity contribution in [1.29, 1.82) is 0 Å². The molecule has 86 valence electrons. The molecule has 1 N–H and O–H groups in total. The number of rotatable bonds is 3. The van der Waals surface area contributed by atoms with E-state index in [4.69, 9.17) is 16.7 Å². The summed E-state index contributed by atoms with van der Waals surface area (Å²) in [5, 5.41) is 9.15. The van der Waals surface area contributed by atoms with E-state index >= 15 is 0 Å². The van der Waals surface area contributed by atoms with Gasteiger partial charge >= 0.3 is 5.97 Å². The van der Waals surface area contributed by atoms with Gasteiger partial charge in [-0.05, 0) is 17.7 Å². The van der Waals surface area contributed by atoms with Gasteiger partial charge in [0.05, 0.1) is 12.1 Å². The third kappa shape index (κ3) is 2.82. The Morgan fingerprint density at radius 2 is 1.88 bits per heavy atom. The molecule has 1 aromatic carbocycles. The minimum Gasteiger partial charge on any atom is -0.481 e. The molecule has 0 bridgehead atoms. The summed E-state index contributed by atoms with van der Waals surface area (Å²) in [5.74, 6) is -0.919. The molecule has 3 nitrogen and oxygen atoms in total. The van der Waals surface area contributed by atoms with E-state index in [1.54, 1.807) is 12.1 Å². The fraction of sp³-hybridized carbons (Fsp3) is 0.0769. The molecule has 0 saturated heterocycles. The van der Waals surface area contributed by atoms with Crippen molar-refractivity contribution < 1.29 is 9.90 Å². The van der Waals surface area contributed by atoms with Gasteiger partial charge < -0.3 is 5.11 Å². The van der Waals surface area contributed by atoms with E-state index in [9.17, 15) is 4.79 Å². The Labute approximate surface area is 104 Å². The molecule has 0 aliphatic rings. The van der Waals surface area contributed by atoms with Crippen LogP contribution < -0.4 is 0 Å². The van der Waals surface area contributed by atoms with Gasteiger partial charge in [-0.2, -0.15) is 0 Å². The maximum absolute atomic E-state index is 10.8. The highest BCUT2D eigenvalue weighted by molar-refractivity contribution is 6.29. The second-order valence-corrected chi connectivity index (χ2v) is 3.95. The van der Waals surface area contributed by atoms with Crippen LogP contribution in [-0.2, 0) is 11.2 Å². The number of aromatic nitrogens is 1. The molecular weight excluding hydrogens is 238 g/mol. The highest BCUT2D eigenvalue weighted by Crippen LogP contribution is 2.24. The van der Waals surface area contributed by atoms with Crippen molar-refractivity contribution in [2.24, 2.45) is 0 Å². The third-order valence-corrected chi connectivity index (χ3v) is 2.55. The van der Waals surface area contributed by atoms with E-state index in [1.807, 2.05) is 30.3 Å². The van der Waals surface area contributed by atoms with Crippen LogP contribution in [0.5, 0.6) is 0 Å². The summed E-state index contributed by atoms with van der Waals surface area (Å²) in [6.45, 7) is 0. The van der Waals surface area contributed by atoms with Crippen LogP contribution in [0.1, 0.15) is 5.69 Å². The van der Waals surface area contributed by atoms with Crippen molar-refractivity contribution in [3.8, 4) is 11.1 Å². The molecule has 4 heteroatoms. The van der Waals surface area contributed by atoms with Crippen molar-refractivity contribution in [2.45, 2.75) is 6.42 Å². The summed E-state index contributed by atoms with van der Waals surface area (Å²) in [6.07, 6.45) is -0.134. The number of carboxylic acid groups (broad SMARTS) is 1. The molecule has 0 aliphatic carbocycles. The SMILES string of the molecule is O=C(O)Cc1nc(Cl)ccc1-c1ccccc1. The van der Waals surface area contributed by atoms with E-state index in [-0.39, 0.29) is 6.42 Å². The first-order chi connectivity index (χ1) is 8.16. The van der Waals surface area contributed by atoms with Crippen molar-refractivity contribution in [1.82, 2.24) is 4.98 Å². The monoisotopic (exact) mass is 247 g/mol. The van der Waals surface area contributed by atoms with Gasteiger partial charge in [-0.25, -0.2) is 4.98 Å². The first-order valence-electron chi connectivity index (χ1n) is 5.09. The Morgan fingerprint density at radius 3 is 2.53 bits per heavy atom. The predicted octanol–water partition coefficient (Wildman–Crippen LogP) is 3.03. The van der Waals surface area contributed by atoms with Gasteiger partial charge in [0.2, 0.25) is 0 Å². The molecule has 0 aliphatic heterocycles. The molecule has 17 heavy (non-hydrogen) atoms. The highest BCUT2D eigenvalue weighted by atomic mass is 35.5. The maximum atomic E-state index is 10.8. The summed E-state index contributed by atoms with van der Waals surface area (Å²) >= 11 is 5.78. The zero-order valence-corrected chi connectivity index (χ0v) is 9.69. The van der Waals surface area contributed by atoms with Crippen LogP contribution in [0.25, 0.3) is 11.1 Å². The maximum Gasteiger partial charge on any atom is 0.309 e. The van der Waals surface area contributed by atoms with Gasteiger partial charge in [0.15, 0.2) is 0 Å². The lowest BCUT2D eigenvalue weighted by molar-refractivity contribution is -0.136. The predicted molar refractivity (Wildman–Crippen MR) is 66.0 cm³/mol. The second-order valence-electron chi connectivity index (χ2n) is 3.56. The Hall–Kier alpha value is -1.87. The van der Waals surface area contributed by atoms with Crippen LogP contribution in [0.3, 0.4) is 0 Å². The third-order valence-electron chi connectivity index (χ3n) is 2.34. The van der Waals surface area contributed by atoms with Crippen molar-refractivity contribution >= 4 is 17.6 Å². The fourth-order valence-corrected chi connectivity index (χ4v) is 1.80. The van der Waals surface area contributed by atoms with Crippen LogP contribution in [-0.4, -0.2) is 16.1 Å². The minimum atomic E-state index is -0.919. The molecule has 2 aromatic rings. The summed E-state index contributed by atoms with van der Waals surface area (Å²) in [5.41, 5.74) is 2.22. The van der Waals surface area contributed by atoms with E-state index in [1.165, 1.54) is 0 Å². The van der Waals surface area contributed by atoms with E-state index in [2.05, 4.69) is 4.98 Å². The number of benzene rings is 1. The molecule has 0 unspecified atom stereocenters. The zero-order valence-electron chi connectivity index (χ0n) is 8.93. The van der Waals surface area contributed by atoms with Gasteiger partial charge in [0.25, 0.3) is 0 Å². The summed E-state index contributed by atoms with van der Waals surface area (Å²) < 4.78 is 0. The van der Waals surface area contributed by atoms with E-state index < -0.39 is 5.97 Å². The normalized spacial score (nSPS) is 10.2. The number of carboxylic acids is 1. The van der Waals surface area contributed by atoms with E-state index in [0.29, 0.717) is 10.8 Å². The molecular formula is C13H10ClNO2. The number of hydrogen-bond acceptors (Lipinski definition) is 2. The Bertz CT molecular complexity index is 540. The lowest BCUT2D eigenvalue weighted by atomic mass is 10.0. The summed E-state index contributed by atoms with van der Waals surface area (Å²) in [6, 6.07) is 13.0. The molecule has 1 heterocycles. The zero-order chi connectivity index (χ0) is 12.3. The Balaban J connectivity index is 2.50. The summed E-state index contributed by atoms with van der Waals surface area (Å²) in [4.78, 5) is 14.9. The first kappa shape index (κ1) is 11.6. The molecule has 1 aromatic heterocycles. The van der Waals surface area contributed by atoms with Crippen molar-refractivity contribution in [2.75, 3.05) is 0 Å². The van der Waals surface area contributed by atoms with Gasteiger partial charge in [0.1, 0.15) is 5.15 Å². The standard InChI is InChI=1S/C13H10ClNO2/c14-12-7-6-10(9-4-2-1-3-5-9)11(15-12)8-13(16)17/h1-7H,8H2,(H,16,17). The molecule has 0 fully saturated rings. The quantitative estimate of drug-likeness (QED) is 0.849. The second kappa shape index (κ2) is 4.97. The highest BCUT2D eigenvalue weighted by Gasteiger charge is 2.10. The van der Waals surface area contributed by atoms with Crippen LogP contribution in [0, 0.1) is 0 Å². The van der Waals surface area contributed by atoms with Gasteiger partial charge in [-0.3, -0.25) is 4.79 Å². The molecule has 0 spiro atoms. The number of aliphatic carboxylic acids is 1. The topological polar surface area (TPSA) is 50.2 Å². The van der Waals surface area contributed by atoms with Crippen LogP contribution in [0.4, 0.5) is 0 Å². The van der Waals surface area contributed by atoms with Gasteiger partial charge in [-0.1, -0.05) is 41.9 Å². The first-order valence-corrected chi connectivity index (χ1v) is 5.47. The number of pyridine rings is 1. The molecule has 0 amide bonds. The number of hydrogen-bond donors (Lipinski definition) is 1. The van der Waals surface area contributed by atoms with Gasteiger partial charge in [0, 0.05) is 5.56 Å². The molecule has 0 atom stereocenters. The number of nitrogens with zero attached hydrogens (tertiary/aromatic N) is 1. The Morgan fingerprint density at radius 1 is 1.18 bits per heavy atom. The largest absolute Gasteiger partial charge is 0.481 e. The van der Waals surface area contributed by atoms with Crippen molar-refractivity contribution in [3.05, 3.63) is 53.3 Å². The van der Waals surface area contributed by atoms with Crippen LogP contribution in [0.2, 0.25) is 5.15 Å². The van der Waals surface area contributed by atoms with Crippen LogP contribution >= 0.6 is 11.6 Å². The smallest absolute Gasteiger partial charge is 0.309 e. The van der Waals surface area contributed by atoms with Gasteiger partial charge in [-0.15, -0.1) is 0 Å². The van der Waals surface area contributed by atoms with Crippen LogP contribution in [0.15, 0.2) is 42.5 Å². The fourth-order valence-electron chi connectivity index (χ4n) is 1.63. The minimum absolute atomic E-state index is 0.134. The van der Waals surface area contributed by atoms with E-state index in [0.717, 1.165) is 11.1 Å². The lowest BCUT2D eigenvalue weighted by Crippen LogP contribution is -2.04. The molecule has 0 radical (unpaired) electrons. The number of halogens is 1. The number of carbonyl (C=O) groups is 1. The average Bonchev–Trinajstić information content (AvgIpc) is 2.29. The lowest BCUT2D eigenvalue weighted by Gasteiger charge is -2.07. The summed E-state index contributed by atoms with van der Waals surface area (Å²) in [7, 11) is 0. The van der Waals surface area contributed by atoms with Crippen molar-refractivity contribution in [3.63, 3.8) is 0 Å². The average molecular weight is 248 g/mol.